The lowest BCUT2D eigenvalue weighted by atomic mass is 10.0. The molecule has 1 aromatic heterocycles. The number of methoxy groups -OCH3 is 1. The van der Waals surface area contributed by atoms with Gasteiger partial charge in [-0.2, -0.15) is 5.26 Å². The van der Waals surface area contributed by atoms with Crippen LogP contribution in [0.3, 0.4) is 0 Å². The van der Waals surface area contributed by atoms with Crippen molar-refractivity contribution in [1.29, 1.82) is 5.26 Å². The third kappa shape index (κ3) is 2.36. The Morgan fingerprint density at radius 1 is 1.39 bits per heavy atom. The highest BCUT2D eigenvalue weighted by Gasteiger charge is 2.12. The van der Waals surface area contributed by atoms with Crippen molar-refractivity contribution in [2.75, 3.05) is 7.11 Å². The topological polar surface area (TPSA) is 45.9 Å². The second-order valence-corrected chi connectivity index (χ2v) is 5.12. The highest BCUT2D eigenvalue weighted by molar-refractivity contribution is 7.13. The Morgan fingerprint density at radius 3 is 2.72 bits per heavy atom. The molecule has 0 N–H and O–H groups in total. The minimum absolute atomic E-state index is 0.449. The molecule has 2 rings (SSSR count). The molecule has 0 fully saturated rings. The molecule has 18 heavy (non-hydrogen) atoms. The summed E-state index contributed by atoms with van der Waals surface area (Å²) in [5.74, 6) is 1.24. The summed E-state index contributed by atoms with van der Waals surface area (Å²) < 4.78 is 5.36. The highest BCUT2D eigenvalue weighted by atomic mass is 32.1. The molecule has 92 valence electrons. The molecule has 1 aromatic carbocycles. The second kappa shape index (κ2) is 5.19. The van der Waals surface area contributed by atoms with Gasteiger partial charge >= 0.3 is 0 Å². The van der Waals surface area contributed by atoms with E-state index in [4.69, 9.17) is 10.00 Å². The molecule has 0 saturated heterocycles. The SMILES string of the molecule is COc1ccc(C(C)C)cc1-c1nc(C#N)cs1. The monoisotopic (exact) mass is 258 g/mol. The largest absolute Gasteiger partial charge is 0.496 e. The molecule has 2 aromatic rings. The average molecular weight is 258 g/mol. The molecular formula is C14H14N2OS. The van der Waals surface area contributed by atoms with Gasteiger partial charge in [-0.3, -0.25) is 0 Å². The van der Waals surface area contributed by atoms with Crippen LogP contribution in [0.5, 0.6) is 5.75 Å². The number of aromatic nitrogens is 1. The number of benzene rings is 1. The molecule has 0 spiro atoms. The van der Waals surface area contributed by atoms with E-state index in [-0.39, 0.29) is 0 Å². The molecular weight excluding hydrogens is 244 g/mol. The van der Waals surface area contributed by atoms with Gasteiger partial charge in [0.05, 0.1) is 12.7 Å². The molecule has 0 saturated carbocycles. The molecule has 0 atom stereocenters. The zero-order valence-electron chi connectivity index (χ0n) is 10.6. The zero-order valence-corrected chi connectivity index (χ0v) is 11.4. The van der Waals surface area contributed by atoms with Gasteiger partial charge in [0.15, 0.2) is 5.69 Å². The van der Waals surface area contributed by atoms with Crippen molar-refractivity contribution in [1.82, 2.24) is 4.98 Å². The van der Waals surface area contributed by atoms with Gasteiger partial charge in [-0.05, 0) is 23.6 Å². The molecule has 0 bridgehead atoms. The van der Waals surface area contributed by atoms with Gasteiger partial charge in [0.2, 0.25) is 0 Å². The summed E-state index contributed by atoms with van der Waals surface area (Å²) in [6, 6.07) is 8.16. The van der Waals surface area contributed by atoms with E-state index in [1.54, 1.807) is 12.5 Å². The minimum atomic E-state index is 0.449. The summed E-state index contributed by atoms with van der Waals surface area (Å²) in [4.78, 5) is 4.29. The van der Waals surface area contributed by atoms with Crippen molar-refractivity contribution < 1.29 is 4.74 Å². The Hall–Kier alpha value is -1.86. The van der Waals surface area contributed by atoms with Crippen molar-refractivity contribution in [3.05, 3.63) is 34.8 Å². The van der Waals surface area contributed by atoms with E-state index < -0.39 is 0 Å². The Labute approximate surface area is 111 Å². The molecule has 1 heterocycles. The van der Waals surface area contributed by atoms with Crippen molar-refractivity contribution in [2.45, 2.75) is 19.8 Å². The van der Waals surface area contributed by atoms with E-state index in [9.17, 15) is 0 Å². The Balaban J connectivity index is 2.53. The van der Waals surface area contributed by atoms with Crippen LogP contribution >= 0.6 is 11.3 Å². The first-order valence-corrected chi connectivity index (χ1v) is 6.57. The van der Waals surface area contributed by atoms with Crippen LogP contribution in [-0.2, 0) is 0 Å². The van der Waals surface area contributed by atoms with Gasteiger partial charge in [0, 0.05) is 5.38 Å². The number of thiazole rings is 1. The van der Waals surface area contributed by atoms with Gasteiger partial charge in [0.1, 0.15) is 16.8 Å². The van der Waals surface area contributed by atoms with Crippen LogP contribution in [-0.4, -0.2) is 12.1 Å². The van der Waals surface area contributed by atoms with Crippen LogP contribution in [0.1, 0.15) is 31.0 Å². The fourth-order valence-corrected chi connectivity index (χ4v) is 2.47. The van der Waals surface area contributed by atoms with Gasteiger partial charge in [-0.15, -0.1) is 11.3 Å². The van der Waals surface area contributed by atoms with Crippen molar-refractivity contribution in [3.8, 4) is 22.4 Å². The Kier molecular flexibility index (Phi) is 3.63. The molecule has 0 aliphatic heterocycles. The second-order valence-electron chi connectivity index (χ2n) is 4.26. The highest BCUT2D eigenvalue weighted by Crippen LogP contribution is 2.34. The summed E-state index contributed by atoms with van der Waals surface area (Å²) in [6.07, 6.45) is 0. The van der Waals surface area contributed by atoms with E-state index in [1.165, 1.54) is 16.9 Å². The van der Waals surface area contributed by atoms with E-state index in [2.05, 4.69) is 37.0 Å². The van der Waals surface area contributed by atoms with Crippen LogP contribution in [0.4, 0.5) is 0 Å². The fourth-order valence-electron chi connectivity index (χ4n) is 1.70. The van der Waals surface area contributed by atoms with Crippen LogP contribution in [0.15, 0.2) is 23.6 Å². The number of nitrogens with zero attached hydrogens (tertiary/aromatic N) is 2. The first kappa shape index (κ1) is 12.6. The fraction of sp³-hybridized carbons (Fsp3) is 0.286. The zero-order chi connectivity index (χ0) is 13.1. The number of nitriles is 1. The molecule has 0 aliphatic carbocycles. The number of rotatable bonds is 3. The third-order valence-corrected chi connectivity index (χ3v) is 3.61. The normalized spacial score (nSPS) is 10.4. The smallest absolute Gasteiger partial charge is 0.152 e. The van der Waals surface area contributed by atoms with Crippen LogP contribution in [0.25, 0.3) is 10.6 Å². The number of hydrogen-bond donors (Lipinski definition) is 0. The summed E-state index contributed by atoms with van der Waals surface area (Å²) in [5, 5.41) is 11.4. The predicted octanol–water partition coefficient (Wildman–Crippen LogP) is 3.81. The molecule has 0 amide bonds. The summed E-state index contributed by atoms with van der Waals surface area (Å²) in [5.41, 5.74) is 2.64. The van der Waals surface area contributed by atoms with E-state index in [0.717, 1.165) is 16.3 Å². The van der Waals surface area contributed by atoms with Gasteiger partial charge in [-0.25, -0.2) is 4.98 Å². The lowest BCUT2D eigenvalue weighted by molar-refractivity contribution is 0.416. The third-order valence-electron chi connectivity index (χ3n) is 2.74. The lowest BCUT2D eigenvalue weighted by Gasteiger charge is -2.10. The van der Waals surface area contributed by atoms with E-state index in [1.807, 2.05) is 6.07 Å². The first-order valence-electron chi connectivity index (χ1n) is 5.69. The molecule has 0 unspecified atom stereocenters. The Morgan fingerprint density at radius 2 is 2.17 bits per heavy atom. The lowest BCUT2D eigenvalue weighted by Crippen LogP contribution is -1.92. The molecule has 4 heteroatoms. The quantitative estimate of drug-likeness (QED) is 0.840. The van der Waals surface area contributed by atoms with Gasteiger partial charge < -0.3 is 4.74 Å². The maximum Gasteiger partial charge on any atom is 0.152 e. The predicted molar refractivity (Wildman–Crippen MR) is 72.9 cm³/mol. The Bertz CT molecular complexity index is 596. The standard InChI is InChI=1S/C14H14N2OS/c1-9(2)10-4-5-13(17-3)12(6-10)14-16-11(7-15)8-18-14/h4-6,8-9H,1-3H3. The van der Waals surface area contributed by atoms with Crippen molar-refractivity contribution in [3.63, 3.8) is 0 Å². The summed E-state index contributed by atoms with van der Waals surface area (Å²) in [6.45, 7) is 4.29. The molecule has 3 nitrogen and oxygen atoms in total. The number of hydrogen-bond acceptors (Lipinski definition) is 4. The van der Waals surface area contributed by atoms with Gasteiger partial charge in [0.25, 0.3) is 0 Å². The first-order chi connectivity index (χ1) is 8.65. The number of ether oxygens (including phenoxy) is 1. The summed E-state index contributed by atoms with van der Waals surface area (Å²) in [7, 11) is 1.65. The van der Waals surface area contributed by atoms with E-state index in [0.29, 0.717) is 11.6 Å². The van der Waals surface area contributed by atoms with Crippen molar-refractivity contribution >= 4 is 11.3 Å². The maximum atomic E-state index is 8.83. The molecule has 0 aliphatic rings. The summed E-state index contributed by atoms with van der Waals surface area (Å²) >= 11 is 1.46. The van der Waals surface area contributed by atoms with Crippen molar-refractivity contribution in [2.24, 2.45) is 0 Å². The minimum Gasteiger partial charge on any atom is -0.496 e. The molecule has 0 radical (unpaired) electrons. The van der Waals surface area contributed by atoms with E-state index >= 15 is 0 Å². The van der Waals surface area contributed by atoms with Crippen LogP contribution in [0, 0.1) is 11.3 Å². The van der Waals surface area contributed by atoms with Crippen LogP contribution < -0.4 is 4.74 Å². The van der Waals surface area contributed by atoms with Crippen LogP contribution in [0.2, 0.25) is 0 Å². The average Bonchev–Trinajstić information content (AvgIpc) is 2.86. The maximum absolute atomic E-state index is 8.83. The van der Waals surface area contributed by atoms with Gasteiger partial charge in [-0.1, -0.05) is 19.9 Å².